The van der Waals surface area contributed by atoms with Crippen LogP contribution in [-0.2, 0) is 4.79 Å². The summed E-state index contributed by atoms with van der Waals surface area (Å²) in [7, 11) is 0. The van der Waals surface area contributed by atoms with Crippen molar-refractivity contribution in [3.05, 3.63) is 23.5 Å². The van der Waals surface area contributed by atoms with Crippen LogP contribution < -0.4 is 10.2 Å². The molecule has 1 aliphatic rings. The van der Waals surface area contributed by atoms with Crippen LogP contribution in [0.1, 0.15) is 31.2 Å². The number of aryl methyl sites for hydroxylation is 2. The molecule has 1 atom stereocenters. The number of nitrogens with zero attached hydrogens (tertiary/aromatic N) is 4. The zero-order valence-corrected chi connectivity index (χ0v) is 14.7. The van der Waals surface area contributed by atoms with Crippen LogP contribution in [0.3, 0.4) is 0 Å². The van der Waals surface area contributed by atoms with Crippen molar-refractivity contribution in [2.24, 2.45) is 5.92 Å². The van der Waals surface area contributed by atoms with Gasteiger partial charge in [0.05, 0.1) is 5.92 Å². The number of hydrogen-bond donors (Lipinski definition) is 1. The van der Waals surface area contributed by atoms with Crippen molar-refractivity contribution in [1.82, 2.24) is 20.1 Å². The second-order valence-corrected chi connectivity index (χ2v) is 6.93. The van der Waals surface area contributed by atoms with Crippen LogP contribution in [0.25, 0.3) is 5.13 Å². The minimum atomic E-state index is 0.0473. The predicted molar refractivity (Wildman–Crippen MR) is 92.3 cm³/mol. The van der Waals surface area contributed by atoms with E-state index in [9.17, 15) is 4.79 Å². The number of nitrogens with one attached hydrogen (secondary N) is 1. The monoisotopic (exact) mass is 333 g/mol. The maximum atomic E-state index is 12.1. The quantitative estimate of drug-likeness (QED) is 0.932. The van der Waals surface area contributed by atoms with Gasteiger partial charge < -0.3 is 10.2 Å². The fraction of sp³-hybridized carbons (Fsp3) is 0.562. The SMILES string of the molecule is CCNC(=O)C1CCCN(c2nnc(-n3c(C)ccc3C)s2)C1. The van der Waals surface area contributed by atoms with E-state index in [4.69, 9.17) is 0 Å². The van der Waals surface area contributed by atoms with Crippen LogP contribution in [0.4, 0.5) is 5.13 Å². The summed E-state index contributed by atoms with van der Waals surface area (Å²) in [5.41, 5.74) is 2.31. The first kappa shape index (κ1) is 16.0. The second-order valence-electron chi connectivity index (χ2n) is 6.00. The fourth-order valence-corrected chi connectivity index (χ4v) is 4.08. The Kier molecular flexibility index (Phi) is 4.66. The van der Waals surface area contributed by atoms with Gasteiger partial charge in [-0.1, -0.05) is 11.3 Å². The highest BCUT2D eigenvalue weighted by Gasteiger charge is 2.27. The molecule has 0 aliphatic carbocycles. The molecule has 0 spiro atoms. The summed E-state index contributed by atoms with van der Waals surface area (Å²) in [6.45, 7) is 8.44. The van der Waals surface area contributed by atoms with Gasteiger partial charge in [-0.3, -0.25) is 9.36 Å². The third-order valence-electron chi connectivity index (χ3n) is 4.28. The summed E-state index contributed by atoms with van der Waals surface area (Å²) in [6, 6.07) is 4.17. The van der Waals surface area contributed by atoms with Crippen molar-refractivity contribution in [2.45, 2.75) is 33.6 Å². The first-order valence-electron chi connectivity index (χ1n) is 8.11. The van der Waals surface area contributed by atoms with E-state index in [0.29, 0.717) is 6.54 Å². The molecule has 124 valence electrons. The van der Waals surface area contributed by atoms with Crippen molar-refractivity contribution in [2.75, 3.05) is 24.5 Å². The number of aromatic nitrogens is 3. The summed E-state index contributed by atoms with van der Waals surface area (Å²) in [5, 5.41) is 13.4. The molecular weight excluding hydrogens is 310 g/mol. The Labute approximate surface area is 140 Å². The molecule has 0 radical (unpaired) electrons. The third-order valence-corrected chi connectivity index (χ3v) is 5.25. The van der Waals surface area contributed by atoms with Gasteiger partial charge in [0.2, 0.25) is 16.2 Å². The first-order chi connectivity index (χ1) is 11.1. The average molecular weight is 333 g/mol. The van der Waals surface area contributed by atoms with Crippen LogP contribution in [-0.4, -0.2) is 40.3 Å². The Morgan fingerprint density at radius 1 is 1.30 bits per heavy atom. The van der Waals surface area contributed by atoms with Gasteiger partial charge in [-0.25, -0.2) is 0 Å². The molecule has 1 saturated heterocycles. The van der Waals surface area contributed by atoms with Gasteiger partial charge in [0.1, 0.15) is 0 Å². The van der Waals surface area contributed by atoms with Crippen LogP contribution >= 0.6 is 11.3 Å². The van der Waals surface area contributed by atoms with Crippen LogP contribution in [0.2, 0.25) is 0 Å². The molecule has 1 N–H and O–H groups in total. The number of amides is 1. The standard InChI is InChI=1S/C16H23N5OS/c1-4-17-14(22)13-6-5-9-20(10-13)15-18-19-16(23-15)21-11(2)7-8-12(21)3/h7-8,13H,4-6,9-10H2,1-3H3,(H,17,22). The highest BCUT2D eigenvalue weighted by atomic mass is 32.1. The van der Waals surface area contributed by atoms with Gasteiger partial charge in [-0.15, -0.1) is 10.2 Å². The van der Waals surface area contributed by atoms with Gasteiger partial charge in [-0.2, -0.15) is 0 Å². The van der Waals surface area contributed by atoms with Crippen LogP contribution in [0.15, 0.2) is 12.1 Å². The van der Waals surface area contributed by atoms with Crippen molar-refractivity contribution < 1.29 is 4.79 Å². The number of carbonyl (C=O) groups excluding carboxylic acids is 1. The van der Waals surface area contributed by atoms with E-state index in [-0.39, 0.29) is 11.8 Å². The second kappa shape index (κ2) is 6.70. The third kappa shape index (κ3) is 3.24. The molecule has 1 unspecified atom stereocenters. The highest BCUT2D eigenvalue weighted by Crippen LogP contribution is 2.29. The van der Waals surface area contributed by atoms with Crippen molar-refractivity contribution >= 4 is 22.4 Å². The maximum Gasteiger partial charge on any atom is 0.224 e. The highest BCUT2D eigenvalue weighted by molar-refractivity contribution is 7.17. The molecular formula is C16H23N5OS. The lowest BCUT2D eigenvalue weighted by Crippen LogP contribution is -2.43. The lowest BCUT2D eigenvalue weighted by atomic mass is 9.97. The molecule has 0 saturated carbocycles. The Balaban J connectivity index is 1.76. The Morgan fingerprint density at radius 2 is 2.00 bits per heavy atom. The minimum absolute atomic E-state index is 0.0473. The smallest absolute Gasteiger partial charge is 0.224 e. The maximum absolute atomic E-state index is 12.1. The predicted octanol–water partition coefficient (Wildman–Crippen LogP) is 2.30. The molecule has 7 heteroatoms. The molecule has 3 heterocycles. The topological polar surface area (TPSA) is 63.1 Å². The lowest BCUT2D eigenvalue weighted by molar-refractivity contribution is -0.125. The van der Waals surface area contributed by atoms with Gasteiger partial charge in [0.25, 0.3) is 0 Å². The van der Waals surface area contributed by atoms with E-state index < -0.39 is 0 Å². The van der Waals surface area contributed by atoms with Crippen molar-refractivity contribution in [1.29, 1.82) is 0 Å². The summed E-state index contributed by atoms with van der Waals surface area (Å²) in [6.07, 6.45) is 1.96. The number of rotatable bonds is 4. The molecule has 23 heavy (non-hydrogen) atoms. The van der Waals surface area contributed by atoms with Gasteiger partial charge in [0.15, 0.2) is 0 Å². The van der Waals surface area contributed by atoms with Gasteiger partial charge in [0, 0.05) is 31.0 Å². The zero-order chi connectivity index (χ0) is 16.4. The fourth-order valence-electron chi connectivity index (χ4n) is 3.08. The summed E-state index contributed by atoms with van der Waals surface area (Å²) in [5.74, 6) is 0.199. The van der Waals surface area contributed by atoms with E-state index >= 15 is 0 Å². The Morgan fingerprint density at radius 3 is 2.70 bits per heavy atom. The van der Waals surface area contributed by atoms with Crippen LogP contribution in [0, 0.1) is 19.8 Å². The molecule has 1 fully saturated rings. The van der Waals surface area contributed by atoms with E-state index in [1.54, 1.807) is 11.3 Å². The first-order valence-corrected chi connectivity index (χ1v) is 8.93. The molecule has 6 nitrogen and oxygen atoms in total. The molecule has 1 amide bonds. The summed E-state index contributed by atoms with van der Waals surface area (Å²) < 4.78 is 2.12. The normalized spacial score (nSPS) is 18.2. The Bertz CT molecular complexity index is 673. The average Bonchev–Trinajstić information content (AvgIpc) is 3.14. The van der Waals surface area contributed by atoms with Crippen molar-refractivity contribution in [3.63, 3.8) is 0 Å². The zero-order valence-electron chi connectivity index (χ0n) is 13.9. The summed E-state index contributed by atoms with van der Waals surface area (Å²) >= 11 is 1.59. The van der Waals surface area contributed by atoms with E-state index in [2.05, 4.69) is 51.0 Å². The van der Waals surface area contributed by atoms with Crippen molar-refractivity contribution in [3.8, 4) is 5.13 Å². The number of carbonyl (C=O) groups is 1. The molecule has 2 aromatic rings. The Hall–Kier alpha value is -1.89. The molecule has 2 aromatic heterocycles. The van der Waals surface area contributed by atoms with Gasteiger partial charge >= 0.3 is 0 Å². The van der Waals surface area contributed by atoms with Gasteiger partial charge in [-0.05, 0) is 45.7 Å². The minimum Gasteiger partial charge on any atom is -0.356 e. The van der Waals surface area contributed by atoms with E-state index in [1.165, 1.54) is 0 Å². The molecule has 0 aromatic carbocycles. The lowest BCUT2D eigenvalue weighted by Gasteiger charge is -2.31. The molecule has 0 bridgehead atoms. The molecule has 3 rings (SSSR count). The largest absolute Gasteiger partial charge is 0.356 e. The molecule has 1 aliphatic heterocycles. The van der Waals surface area contributed by atoms with E-state index in [1.807, 2.05) is 6.92 Å². The number of anilines is 1. The number of hydrogen-bond acceptors (Lipinski definition) is 5. The summed E-state index contributed by atoms with van der Waals surface area (Å²) in [4.78, 5) is 14.3. The van der Waals surface area contributed by atoms with Crippen LogP contribution in [0.5, 0.6) is 0 Å². The number of piperidine rings is 1. The van der Waals surface area contributed by atoms with E-state index in [0.717, 1.165) is 47.6 Å².